The zero-order valence-corrected chi connectivity index (χ0v) is 13.3. The van der Waals surface area contributed by atoms with E-state index in [1.807, 2.05) is 12.1 Å². The zero-order valence-electron chi connectivity index (χ0n) is 11.7. The first-order chi connectivity index (χ1) is 9.19. The lowest BCUT2D eigenvalue weighted by atomic mass is 9.98. The highest BCUT2D eigenvalue weighted by molar-refractivity contribution is 6.63. The molecule has 0 aliphatic carbocycles. The van der Waals surface area contributed by atoms with Gasteiger partial charge in [0.1, 0.15) is 5.75 Å². The molecule has 0 radical (unpaired) electrons. The summed E-state index contributed by atoms with van der Waals surface area (Å²) in [5.74, 6) is 0.962. The number of halogens is 2. The molecule has 0 aromatic heterocycles. The Balaban J connectivity index is 0.00000200. The van der Waals surface area contributed by atoms with Crippen LogP contribution in [0.3, 0.4) is 0 Å². The molecule has 0 bridgehead atoms. The summed E-state index contributed by atoms with van der Waals surface area (Å²) in [7, 11) is 1.68. The Morgan fingerprint density at radius 3 is 2.40 bits per heavy atom. The van der Waals surface area contributed by atoms with Gasteiger partial charge in [-0.2, -0.15) is 0 Å². The van der Waals surface area contributed by atoms with Gasteiger partial charge in [0.25, 0.3) is 0 Å². The Kier molecular flexibility index (Phi) is 7.35. The molecule has 0 spiro atoms. The number of ether oxygens (including phenoxy) is 1. The van der Waals surface area contributed by atoms with Crippen LogP contribution in [0.5, 0.6) is 5.75 Å². The first-order valence-electron chi connectivity index (χ1n) is 6.73. The van der Waals surface area contributed by atoms with E-state index in [4.69, 9.17) is 16.3 Å². The lowest BCUT2D eigenvalue weighted by molar-refractivity contribution is -0.116. The number of methoxy groups -OCH3 is 1. The van der Waals surface area contributed by atoms with Gasteiger partial charge in [0.15, 0.2) is 0 Å². The minimum Gasteiger partial charge on any atom is -0.497 e. The summed E-state index contributed by atoms with van der Waals surface area (Å²) in [5.41, 5.74) is 1.32. The summed E-state index contributed by atoms with van der Waals surface area (Å²) in [6, 6.07) is 8.20. The minimum atomic E-state index is -0.171. The molecular weight excluding hydrogens is 297 g/mol. The monoisotopic (exact) mass is 317 g/mol. The molecule has 1 heterocycles. The van der Waals surface area contributed by atoms with Crippen LogP contribution in [0.1, 0.15) is 18.4 Å². The molecule has 0 N–H and O–H groups in total. The maximum absolute atomic E-state index is 11.1. The summed E-state index contributed by atoms with van der Waals surface area (Å²) in [4.78, 5) is 13.5. The van der Waals surface area contributed by atoms with Gasteiger partial charge in [-0.1, -0.05) is 12.1 Å². The molecule has 5 heteroatoms. The molecule has 1 saturated heterocycles. The number of nitrogens with zero attached hydrogens (tertiary/aromatic N) is 1. The van der Waals surface area contributed by atoms with Crippen LogP contribution >= 0.6 is 24.0 Å². The molecule has 0 amide bonds. The molecule has 2 rings (SSSR count). The zero-order chi connectivity index (χ0) is 13.7. The van der Waals surface area contributed by atoms with Crippen LogP contribution < -0.4 is 4.74 Å². The van der Waals surface area contributed by atoms with Crippen LogP contribution in [-0.4, -0.2) is 36.9 Å². The molecule has 0 saturated carbocycles. The summed E-state index contributed by atoms with van der Waals surface area (Å²) >= 11 is 5.54. The van der Waals surface area contributed by atoms with Crippen molar-refractivity contribution in [1.29, 1.82) is 0 Å². The van der Waals surface area contributed by atoms with Crippen molar-refractivity contribution < 1.29 is 9.53 Å². The molecule has 112 valence electrons. The van der Waals surface area contributed by atoms with Gasteiger partial charge < -0.3 is 9.64 Å². The van der Waals surface area contributed by atoms with Crippen molar-refractivity contribution in [3.8, 4) is 5.75 Å². The lowest BCUT2D eigenvalue weighted by Crippen LogP contribution is -2.36. The Hall–Kier alpha value is -0.770. The van der Waals surface area contributed by atoms with Gasteiger partial charge in [-0.3, -0.25) is 4.79 Å². The van der Waals surface area contributed by atoms with Crippen LogP contribution in [0.4, 0.5) is 0 Å². The number of hydrogen-bond acceptors (Lipinski definition) is 3. The van der Waals surface area contributed by atoms with Crippen LogP contribution in [0.25, 0.3) is 0 Å². The predicted octanol–water partition coefficient (Wildman–Crippen LogP) is 3.14. The van der Waals surface area contributed by atoms with Crippen molar-refractivity contribution in [3.05, 3.63) is 29.8 Å². The first kappa shape index (κ1) is 17.3. The van der Waals surface area contributed by atoms with E-state index in [0.717, 1.165) is 44.6 Å². The predicted molar refractivity (Wildman–Crippen MR) is 84.0 cm³/mol. The maximum Gasteiger partial charge on any atom is 0.224 e. The van der Waals surface area contributed by atoms with E-state index in [0.29, 0.717) is 0 Å². The third-order valence-corrected chi connectivity index (χ3v) is 4.09. The first-order valence-corrected chi connectivity index (χ1v) is 7.11. The van der Waals surface area contributed by atoms with Gasteiger partial charge >= 0.3 is 0 Å². The average Bonchev–Trinajstić information content (AvgIpc) is 2.46. The smallest absolute Gasteiger partial charge is 0.224 e. The van der Waals surface area contributed by atoms with Crippen LogP contribution in [0.2, 0.25) is 0 Å². The molecule has 1 aromatic carbocycles. The van der Waals surface area contributed by atoms with Gasteiger partial charge in [0.2, 0.25) is 5.24 Å². The summed E-state index contributed by atoms with van der Waals surface area (Å²) < 4.78 is 5.14. The molecule has 0 unspecified atom stereocenters. The largest absolute Gasteiger partial charge is 0.497 e. The summed E-state index contributed by atoms with van der Waals surface area (Å²) in [5, 5.41) is -0.171. The summed E-state index contributed by atoms with van der Waals surface area (Å²) in [6.07, 6.45) is 2.82. The van der Waals surface area contributed by atoms with Gasteiger partial charge in [-0.05, 0) is 61.6 Å². The number of likely N-dealkylation sites (tertiary alicyclic amines) is 1. The van der Waals surface area contributed by atoms with E-state index >= 15 is 0 Å². The van der Waals surface area contributed by atoms with E-state index in [-0.39, 0.29) is 23.6 Å². The fraction of sp³-hybridized carbons (Fsp3) is 0.533. The Morgan fingerprint density at radius 2 is 1.90 bits per heavy atom. The minimum absolute atomic E-state index is 0. The number of piperidine rings is 1. The van der Waals surface area contributed by atoms with E-state index in [1.165, 1.54) is 5.56 Å². The van der Waals surface area contributed by atoms with Crippen LogP contribution in [-0.2, 0) is 11.2 Å². The molecule has 20 heavy (non-hydrogen) atoms. The molecule has 1 aliphatic rings. The average molecular weight is 318 g/mol. The second-order valence-corrected chi connectivity index (χ2v) is 5.39. The molecule has 1 aliphatic heterocycles. The second kappa shape index (κ2) is 8.50. The number of carbonyl (C=O) groups excluding carboxylic acids is 1. The Labute approximate surface area is 131 Å². The van der Waals surface area contributed by atoms with Crippen molar-refractivity contribution in [1.82, 2.24) is 4.90 Å². The Morgan fingerprint density at radius 1 is 1.30 bits per heavy atom. The number of rotatable bonds is 5. The van der Waals surface area contributed by atoms with Crippen molar-refractivity contribution in [2.75, 3.05) is 26.7 Å². The summed E-state index contributed by atoms with van der Waals surface area (Å²) in [6.45, 7) is 2.98. The molecular formula is C15H21Cl2NO2. The number of hydrogen-bond donors (Lipinski definition) is 0. The van der Waals surface area contributed by atoms with Gasteiger partial charge in [0.05, 0.1) is 7.11 Å². The third-order valence-electron chi connectivity index (χ3n) is 3.78. The lowest BCUT2D eigenvalue weighted by Gasteiger charge is -2.30. The maximum atomic E-state index is 11.1. The van der Waals surface area contributed by atoms with Crippen molar-refractivity contribution in [2.24, 2.45) is 5.92 Å². The highest BCUT2D eigenvalue weighted by Gasteiger charge is 2.23. The number of benzene rings is 1. The molecule has 1 fully saturated rings. The SMILES string of the molecule is COc1ccc(CCN2CCC(C(=O)Cl)CC2)cc1.Cl. The van der Waals surface area contributed by atoms with Gasteiger partial charge in [-0.15, -0.1) is 12.4 Å². The molecule has 1 aromatic rings. The van der Waals surface area contributed by atoms with Gasteiger partial charge in [-0.25, -0.2) is 0 Å². The molecule has 3 nitrogen and oxygen atoms in total. The normalized spacial score (nSPS) is 16.5. The number of carbonyl (C=O) groups is 1. The Bertz CT molecular complexity index is 414. The van der Waals surface area contributed by atoms with Crippen molar-refractivity contribution in [2.45, 2.75) is 19.3 Å². The van der Waals surface area contributed by atoms with E-state index < -0.39 is 0 Å². The van der Waals surface area contributed by atoms with Crippen molar-refractivity contribution in [3.63, 3.8) is 0 Å². The topological polar surface area (TPSA) is 29.5 Å². The molecule has 0 atom stereocenters. The fourth-order valence-corrected chi connectivity index (χ4v) is 2.68. The van der Waals surface area contributed by atoms with Gasteiger partial charge in [0, 0.05) is 12.5 Å². The van der Waals surface area contributed by atoms with Crippen LogP contribution in [0, 0.1) is 5.92 Å². The third kappa shape index (κ3) is 4.97. The second-order valence-electron chi connectivity index (χ2n) is 5.02. The van der Waals surface area contributed by atoms with Crippen molar-refractivity contribution >= 4 is 29.3 Å². The quantitative estimate of drug-likeness (QED) is 0.781. The van der Waals surface area contributed by atoms with E-state index in [9.17, 15) is 4.79 Å². The van der Waals surface area contributed by atoms with E-state index in [1.54, 1.807) is 7.11 Å². The highest BCUT2D eigenvalue weighted by Crippen LogP contribution is 2.20. The fourth-order valence-electron chi connectivity index (χ4n) is 2.46. The standard InChI is InChI=1S/C15H20ClNO2.ClH/c1-19-14-4-2-12(3-5-14)6-9-17-10-7-13(8-11-17)15(16)18;/h2-5,13H,6-11H2,1H3;1H. The highest BCUT2D eigenvalue weighted by atomic mass is 35.5. The van der Waals surface area contributed by atoms with Crippen LogP contribution in [0.15, 0.2) is 24.3 Å². The van der Waals surface area contributed by atoms with E-state index in [2.05, 4.69) is 17.0 Å².